The maximum Gasteiger partial charge on any atom is 0.311 e. The van der Waals surface area contributed by atoms with Gasteiger partial charge in [0.05, 0.1) is 53.6 Å². The predicted molar refractivity (Wildman–Crippen MR) is 209 cm³/mol. The number of hydrogen-bond acceptors (Lipinski definition) is 15. The molecule has 3 saturated heterocycles. The largest absolute Gasteiger partial charge is 0.481 e. The first-order chi connectivity index (χ1) is 26.9. The van der Waals surface area contributed by atoms with Crippen LogP contribution in [-0.2, 0) is 47.5 Å². The molecule has 0 radical (unpaired) electrons. The zero-order valence-corrected chi connectivity index (χ0v) is 36.8. The van der Waals surface area contributed by atoms with Crippen molar-refractivity contribution in [2.24, 2.45) is 35.5 Å². The molecule has 3 aliphatic heterocycles. The molecular weight excluding hydrogens is 758 g/mol. The Bertz CT molecular complexity index is 1420. The van der Waals surface area contributed by atoms with Crippen LogP contribution < -0.4 is 0 Å². The molecule has 0 amide bonds. The minimum Gasteiger partial charge on any atom is -0.481 e. The average molecular weight is 832 g/mol. The monoisotopic (exact) mass is 831 g/mol. The summed E-state index contributed by atoms with van der Waals surface area (Å²) in [5, 5.41) is 55.7. The number of ether oxygens (including phenoxy) is 7. The number of esters is 1. The number of nitrogens with zero attached hydrogens (tertiary/aromatic N) is 1. The maximum absolute atomic E-state index is 14.3. The van der Waals surface area contributed by atoms with E-state index in [-0.39, 0.29) is 37.1 Å². The van der Waals surface area contributed by atoms with Crippen molar-refractivity contribution in [3.05, 3.63) is 0 Å². The first kappa shape index (κ1) is 48.8. The molecule has 4 rings (SSSR count). The van der Waals surface area contributed by atoms with Gasteiger partial charge >= 0.3 is 11.9 Å². The molecule has 16 heteroatoms. The van der Waals surface area contributed by atoms with E-state index >= 15 is 0 Å². The number of carbonyl (C=O) groups is 3. The van der Waals surface area contributed by atoms with Crippen molar-refractivity contribution in [3.63, 3.8) is 0 Å². The highest BCUT2D eigenvalue weighted by molar-refractivity contribution is 5.83. The molecule has 5 N–H and O–H groups in total. The average Bonchev–Trinajstić information content (AvgIpc) is 3.95. The fourth-order valence-corrected chi connectivity index (χ4v) is 9.77. The van der Waals surface area contributed by atoms with Gasteiger partial charge in [0.25, 0.3) is 0 Å². The molecule has 0 unspecified atom stereocenters. The number of ketones is 1. The summed E-state index contributed by atoms with van der Waals surface area (Å²) in [4.78, 5) is 41.9. The molecule has 16 nitrogen and oxygen atoms in total. The number of likely N-dealkylation sites (N-methyl/N-ethyl adjacent to an activating group) is 1. The third-order valence-electron chi connectivity index (χ3n) is 13.9. The quantitative estimate of drug-likeness (QED) is 0.189. The van der Waals surface area contributed by atoms with Gasteiger partial charge < -0.3 is 63.6 Å². The summed E-state index contributed by atoms with van der Waals surface area (Å²) >= 11 is 0. The zero-order valence-electron chi connectivity index (χ0n) is 36.8. The molecule has 0 spiro atoms. The summed E-state index contributed by atoms with van der Waals surface area (Å²) in [7, 11) is 4.82. The lowest BCUT2D eigenvalue weighted by atomic mass is 9.74. The molecule has 0 aromatic heterocycles. The molecule has 1 aliphatic carbocycles. The minimum atomic E-state index is -2.00. The van der Waals surface area contributed by atoms with Crippen molar-refractivity contribution in [2.45, 2.75) is 186 Å². The first-order valence-corrected chi connectivity index (χ1v) is 21.0. The van der Waals surface area contributed by atoms with Gasteiger partial charge in [0.1, 0.15) is 29.7 Å². The van der Waals surface area contributed by atoms with Crippen molar-refractivity contribution in [1.82, 2.24) is 4.90 Å². The molecule has 0 aromatic rings. The Kier molecular flexibility index (Phi) is 16.0. The molecular formula is C42H73NO15. The van der Waals surface area contributed by atoms with Crippen LogP contribution in [0.5, 0.6) is 0 Å². The zero-order chi connectivity index (χ0) is 43.8. The van der Waals surface area contributed by atoms with Gasteiger partial charge in [0.2, 0.25) is 0 Å². The van der Waals surface area contributed by atoms with Crippen LogP contribution in [0.15, 0.2) is 0 Å². The summed E-state index contributed by atoms with van der Waals surface area (Å²) in [6.45, 7) is 17.3. The first-order valence-electron chi connectivity index (χ1n) is 21.0. The van der Waals surface area contributed by atoms with Crippen molar-refractivity contribution in [2.75, 3.05) is 27.8 Å². The van der Waals surface area contributed by atoms with Gasteiger partial charge in [-0.3, -0.25) is 14.4 Å². The molecule has 0 bridgehead atoms. The number of aliphatic hydroxyl groups is 4. The van der Waals surface area contributed by atoms with Gasteiger partial charge in [-0.15, -0.1) is 0 Å². The number of carboxylic acid groups (broad SMARTS) is 1. The lowest BCUT2D eigenvalue weighted by Crippen LogP contribution is -2.61. The number of carboxylic acids is 1. The molecule has 336 valence electrons. The van der Waals surface area contributed by atoms with Crippen LogP contribution in [-0.4, -0.2) is 160 Å². The Labute approximate surface area is 344 Å². The number of carbonyl (C=O) groups excluding carboxylic acids is 2. The molecule has 4 fully saturated rings. The van der Waals surface area contributed by atoms with Crippen LogP contribution >= 0.6 is 0 Å². The smallest absolute Gasteiger partial charge is 0.311 e. The number of hydrogen-bond donors (Lipinski definition) is 5. The van der Waals surface area contributed by atoms with E-state index in [4.69, 9.17) is 33.2 Å². The van der Waals surface area contributed by atoms with E-state index in [0.29, 0.717) is 19.4 Å². The Hall–Kier alpha value is -1.83. The summed E-state index contributed by atoms with van der Waals surface area (Å²) in [5.74, 6) is -6.04. The number of rotatable bonds is 11. The van der Waals surface area contributed by atoms with Crippen LogP contribution in [0.2, 0.25) is 0 Å². The number of aliphatic hydroxyl groups excluding tert-OH is 3. The van der Waals surface area contributed by atoms with Crippen LogP contribution in [0, 0.1) is 35.5 Å². The summed E-state index contributed by atoms with van der Waals surface area (Å²) in [6, 6.07) is -0.454. The predicted octanol–water partition coefficient (Wildman–Crippen LogP) is 2.53. The van der Waals surface area contributed by atoms with Crippen LogP contribution in [0.3, 0.4) is 0 Å². The van der Waals surface area contributed by atoms with Crippen molar-refractivity contribution in [1.29, 1.82) is 0 Å². The Morgan fingerprint density at radius 1 is 0.879 bits per heavy atom. The molecule has 20 atom stereocenters. The van der Waals surface area contributed by atoms with Gasteiger partial charge in [0, 0.05) is 51.0 Å². The Morgan fingerprint density at radius 3 is 2.05 bits per heavy atom. The van der Waals surface area contributed by atoms with Crippen molar-refractivity contribution < 1.29 is 73.1 Å². The number of aliphatic carboxylic acids is 1. The van der Waals surface area contributed by atoms with E-state index in [2.05, 4.69) is 0 Å². The summed E-state index contributed by atoms with van der Waals surface area (Å²) in [6.07, 6.45) is -9.09. The van der Waals surface area contributed by atoms with Gasteiger partial charge in [-0.2, -0.15) is 0 Å². The number of cyclic esters (lactones) is 1. The highest BCUT2D eigenvalue weighted by atomic mass is 16.7. The van der Waals surface area contributed by atoms with E-state index < -0.39 is 120 Å². The Morgan fingerprint density at radius 2 is 1.50 bits per heavy atom. The normalized spacial score (nSPS) is 48.6. The second-order valence-corrected chi connectivity index (χ2v) is 18.5. The van der Waals surface area contributed by atoms with E-state index in [1.165, 1.54) is 28.1 Å². The highest BCUT2D eigenvalue weighted by Gasteiger charge is 2.54. The number of methoxy groups -OCH3 is 2. The Balaban J connectivity index is 1.81. The molecule has 4 aliphatic rings. The lowest BCUT2D eigenvalue weighted by molar-refractivity contribution is -0.319. The highest BCUT2D eigenvalue weighted by Crippen LogP contribution is 2.43. The van der Waals surface area contributed by atoms with Gasteiger partial charge in [0.15, 0.2) is 12.6 Å². The van der Waals surface area contributed by atoms with Crippen molar-refractivity contribution >= 4 is 17.7 Å². The van der Waals surface area contributed by atoms with Gasteiger partial charge in [-0.05, 0) is 80.2 Å². The summed E-state index contributed by atoms with van der Waals surface area (Å²) < 4.78 is 44.2. The fourth-order valence-electron chi connectivity index (χ4n) is 9.77. The second kappa shape index (κ2) is 19.1. The van der Waals surface area contributed by atoms with Crippen LogP contribution in [0.1, 0.15) is 101 Å². The molecule has 1 saturated carbocycles. The van der Waals surface area contributed by atoms with Crippen LogP contribution in [0.4, 0.5) is 0 Å². The fraction of sp³-hybridized carbons (Fsp3) is 0.929. The second-order valence-electron chi connectivity index (χ2n) is 18.5. The van der Waals surface area contributed by atoms with Gasteiger partial charge in [-0.1, -0.05) is 27.7 Å². The van der Waals surface area contributed by atoms with E-state index in [9.17, 15) is 39.9 Å². The SMILES string of the molecule is CC[C@H]1OC(=O)[C@H](C)[C@@H](O[C@H]2C[C@@](C)(OC)[C@@H](O)[C@H](C)O2)[C@H](C)[C@@H](O[C@@H]2O[C@H](C)C[C@H](N(C)C[C@H]3C[C@@H]3C(=O)O)[C@H]2O)[C@](C)(OC)C[C@@H](C)C(=O)[C@H](C)[C@@H](O)[C@]1(C)O. The molecule has 58 heavy (non-hydrogen) atoms. The standard InChI is InChI=1S/C42H73NO15/c1-14-29-42(10,51)34(46)22(4)31(44)20(2)17-41(9,53-13)36(58-39-32(45)28(15-21(3)54-39)43(11)19-26-16-27(26)37(48)49)23(5)33(24(6)38(50)56-29)57-30-18-40(8,52-12)35(47)25(7)55-30/h20-30,32-36,39,45-47,51H,14-19H2,1-13H3,(H,48,49)/t20-,21-,22+,23+,24-,25+,26-,27+,28+,29-,30+,32-,33+,34-,35+,36-,39+,40-,41-,42-/m1/s1. The van der Waals surface area contributed by atoms with E-state index in [1.54, 1.807) is 41.5 Å². The van der Waals surface area contributed by atoms with Gasteiger partial charge in [-0.25, -0.2) is 0 Å². The molecule has 3 heterocycles. The lowest BCUT2D eigenvalue weighted by Gasteiger charge is -2.50. The topological polar surface area (TPSA) is 220 Å². The number of Topliss-reactive ketones (excluding diaryl/α,β-unsaturated/α-hetero) is 1. The van der Waals surface area contributed by atoms with E-state index in [0.717, 1.165) is 0 Å². The summed E-state index contributed by atoms with van der Waals surface area (Å²) in [5.41, 5.74) is -4.39. The third kappa shape index (κ3) is 10.3. The maximum atomic E-state index is 14.3. The minimum absolute atomic E-state index is 0.0375. The van der Waals surface area contributed by atoms with Crippen molar-refractivity contribution in [3.8, 4) is 0 Å². The third-order valence-corrected chi connectivity index (χ3v) is 13.9. The molecule has 0 aromatic carbocycles. The van der Waals surface area contributed by atoms with E-state index in [1.807, 2.05) is 25.8 Å². The van der Waals surface area contributed by atoms with Crippen LogP contribution in [0.25, 0.3) is 0 Å².